The van der Waals surface area contributed by atoms with E-state index in [1.165, 1.54) is 7.11 Å². The van der Waals surface area contributed by atoms with Crippen LogP contribution < -0.4 is 5.73 Å². The van der Waals surface area contributed by atoms with E-state index >= 15 is 0 Å². The monoisotopic (exact) mass is 294 g/mol. The summed E-state index contributed by atoms with van der Waals surface area (Å²) in [5.41, 5.74) is 6.12. The van der Waals surface area contributed by atoms with Gasteiger partial charge in [0.2, 0.25) is 0 Å². The summed E-state index contributed by atoms with van der Waals surface area (Å²) in [7, 11) is -2.13. The fourth-order valence-electron chi connectivity index (χ4n) is 2.20. The number of rotatable bonds is 5. The average Bonchev–Trinajstić information content (AvgIpc) is 2.38. The number of hydrogen-bond acceptors (Lipinski definition) is 5. The van der Waals surface area contributed by atoms with Gasteiger partial charge in [-0.25, -0.2) is 8.42 Å². The normalized spacial score (nSPS) is 15.2. The molecular weight excluding hydrogens is 276 g/mol. The number of sulfone groups is 1. The van der Waals surface area contributed by atoms with Gasteiger partial charge in [0.1, 0.15) is 0 Å². The van der Waals surface area contributed by atoms with Gasteiger partial charge in [-0.3, -0.25) is 4.98 Å². The maximum absolute atomic E-state index is 12.3. The fraction of sp³-hybridized carbons (Fsp3) is 0.357. The number of nitrogens with two attached hydrogens (primary N) is 1. The number of aromatic nitrogens is 1. The largest absolute Gasteiger partial charge is 0.364 e. The molecule has 0 radical (unpaired) electrons. The Morgan fingerprint density at radius 2 is 2.05 bits per heavy atom. The zero-order valence-electron chi connectivity index (χ0n) is 11.5. The van der Waals surface area contributed by atoms with Crippen molar-refractivity contribution in [1.29, 1.82) is 0 Å². The molecule has 0 fully saturated rings. The smallest absolute Gasteiger partial charge is 0.182 e. The molecule has 1 aromatic carbocycles. The minimum atomic E-state index is -3.48. The minimum Gasteiger partial charge on any atom is -0.364 e. The maximum Gasteiger partial charge on any atom is 0.182 e. The van der Waals surface area contributed by atoms with E-state index in [0.717, 1.165) is 10.9 Å². The Labute approximate surface area is 118 Å². The fourth-order valence-corrected chi connectivity index (χ4v) is 3.93. The first kappa shape index (κ1) is 14.9. The number of methoxy groups -OCH3 is 1. The molecule has 20 heavy (non-hydrogen) atoms. The van der Waals surface area contributed by atoms with Crippen molar-refractivity contribution in [2.24, 2.45) is 5.73 Å². The van der Waals surface area contributed by atoms with Crippen molar-refractivity contribution in [3.8, 4) is 0 Å². The SMILES string of the molecule is COC(C(C)N)S(=O)(=O)Cc1cnc2ccccc2c1. The van der Waals surface area contributed by atoms with Gasteiger partial charge in [-0.2, -0.15) is 0 Å². The second kappa shape index (κ2) is 5.87. The number of benzene rings is 1. The Hall–Kier alpha value is -1.50. The molecular formula is C14H18N2O3S. The van der Waals surface area contributed by atoms with Gasteiger partial charge < -0.3 is 10.5 Å². The van der Waals surface area contributed by atoms with Crippen LogP contribution in [0.25, 0.3) is 10.9 Å². The first-order valence-corrected chi connectivity index (χ1v) is 7.99. The van der Waals surface area contributed by atoms with Gasteiger partial charge in [-0.1, -0.05) is 18.2 Å². The standard InChI is InChI=1S/C14H18N2O3S/c1-10(15)14(19-2)20(17,18)9-11-7-12-5-3-4-6-13(12)16-8-11/h3-8,10,14H,9,15H2,1-2H3. The molecule has 0 aliphatic heterocycles. The Morgan fingerprint density at radius 1 is 1.35 bits per heavy atom. The number of pyridine rings is 1. The van der Waals surface area contributed by atoms with Gasteiger partial charge in [0.05, 0.1) is 11.3 Å². The lowest BCUT2D eigenvalue weighted by atomic mass is 10.2. The molecule has 2 aromatic rings. The number of ether oxygens (including phenoxy) is 1. The van der Waals surface area contributed by atoms with Crippen LogP contribution in [0.4, 0.5) is 0 Å². The van der Waals surface area contributed by atoms with Crippen molar-refractivity contribution in [2.75, 3.05) is 7.11 Å². The Kier molecular flexibility index (Phi) is 4.37. The number of nitrogens with zero attached hydrogens (tertiary/aromatic N) is 1. The lowest BCUT2D eigenvalue weighted by molar-refractivity contribution is 0.146. The van der Waals surface area contributed by atoms with Crippen LogP contribution in [0, 0.1) is 0 Å². The summed E-state index contributed by atoms with van der Waals surface area (Å²) < 4.78 is 29.6. The van der Waals surface area contributed by atoms with Crippen molar-refractivity contribution in [1.82, 2.24) is 4.98 Å². The van der Waals surface area contributed by atoms with E-state index in [0.29, 0.717) is 5.56 Å². The van der Waals surface area contributed by atoms with Crippen LogP contribution >= 0.6 is 0 Å². The van der Waals surface area contributed by atoms with E-state index < -0.39 is 21.3 Å². The van der Waals surface area contributed by atoms with Crippen LogP contribution in [-0.4, -0.2) is 32.0 Å². The second-order valence-electron chi connectivity index (χ2n) is 4.81. The van der Waals surface area contributed by atoms with E-state index in [1.807, 2.05) is 30.3 Å². The third-order valence-corrected chi connectivity index (χ3v) is 5.10. The summed E-state index contributed by atoms with van der Waals surface area (Å²) in [5, 5.41) is 0.912. The highest BCUT2D eigenvalue weighted by molar-refractivity contribution is 7.91. The molecule has 2 rings (SSSR count). The highest BCUT2D eigenvalue weighted by Gasteiger charge is 2.29. The van der Waals surface area contributed by atoms with E-state index in [1.54, 1.807) is 13.1 Å². The Bertz CT molecular complexity index is 698. The van der Waals surface area contributed by atoms with E-state index in [9.17, 15) is 8.42 Å². The Morgan fingerprint density at radius 3 is 2.70 bits per heavy atom. The molecule has 2 N–H and O–H groups in total. The van der Waals surface area contributed by atoms with Crippen LogP contribution in [-0.2, 0) is 20.3 Å². The molecule has 5 nitrogen and oxygen atoms in total. The molecule has 1 aromatic heterocycles. The van der Waals surface area contributed by atoms with Crippen molar-refractivity contribution in [3.05, 3.63) is 42.1 Å². The number of para-hydroxylation sites is 1. The van der Waals surface area contributed by atoms with Crippen molar-refractivity contribution < 1.29 is 13.2 Å². The van der Waals surface area contributed by atoms with E-state index in [4.69, 9.17) is 10.5 Å². The number of hydrogen-bond donors (Lipinski definition) is 1. The zero-order valence-corrected chi connectivity index (χ0v) is 12.3. The molecule has 0 bridgehead atoms. The third-order valence-electron chi connectivity index (χ3n) is 3.03. The lowest BCUT2D eigenvalue weighted by Gasteiger charge is -2.19. The maximum atomic E-state index is 12.3. The third kappa shape index (κ3) is 3.15. The molecule has 0 saturated carbocycles. The average molecular weight is 294 g/mol. The predicted molar refractivity (Wildman–Crippen MR) is 78.8 cm³/mol. The van der Waals surface area contributed by atoms with Crippen LogP contribution in [0.1, 0.15) is 12.5 Å². The highest BCUT2D eigenvalue weighted by atomic mass is 32.2. The van der Waals surface area contributed by atoms with Crippen molar-refractivity contribution in [3.63, 3.8) is 0 Å². The van der Waals surface area contributed by atoms with Gasteiger partial charge in [-0.15, -0.1) is 0 Å². The van der Waals surface area contributed by atoms with Gasteiger partial charge in [-0.05, 0) is 24.6 Å². The minimum absolute atomic E-state index is 0.134. The van der Waals surface area contributed by atoms with Crippen molar-refractivity contribution in [2.45, 2.75) is 24.2 Å². The van der Waals surface area contributed by atoms with Crippen molar-refractivity contribution >= 4 is 20.7 Å². The molecule has 0 aliphatic carbocycles. The molecule has 108 valence electrons. The molecule has 1 heterocycles. The summed E-state index contributed by atoms with van der Waals surface area (Å²) in [6, 6.07) is 8.81. The molecule has 0 amide bonds. The predicted octanol–water partition coefficient (Wildman–Crippen LogP) is 1.47. The first-order valence-electron chi connectivity index (χ1n) is 6.27. The van der Waals surface area contributed by atoms with Crippen LogP contribution in [0.15, 0.2) is 36.5 Å². The molecule has 6 heteroatoms. The van der Waals surface area contributed by atoms with E-state index in [2.05, 4.69) is 4.98 Å². The van der Waals surface area contributed by atoms with Crippen LogP contribution in [0.5, 0.6) is 0 Å². The van der Waals surface area contributed by atoms with Gasteiger partial charge in [0.15, 0.2) is 15.3 Å². The second-order valence-corrected chi connectivity index (χ2v) is 6.89. The summed E-state index contributed by atoms with van der Waals surface area (Å²) in [5.74, 6) is -0.134. The molecule has 0 aliphatic rings. The topological polar surface area (TPSA) is 82.3 Å². The summed E-state index contributed by atoms with van der Waals surface area (Å²) in [6.45, 7) is 1.62. The summed E-state index contributed by atoms with van der Waals surface area (Å²) >= 11 is 0. The Balaban J connectivity index is 2.31. The lowest BCUT2D eigenvalue weighted by Crippen LogP contribution is -2.40. The quantitative estimate of drug-likeness (QED) is 0.903. The van der Waals surface area contributed by atoms with Gasteiger partial charge in [0.25, 0.3) is 0 Å². The summed E-state index contributed by atoms with van der Waals surface area (Å²) in [4.78, 5) is 4.26. The van der Waals surface area contributed by atoms with Gasteiger partial charge in [0, 0.05) is 24.7 Å². The van der Waals surface area contributed by atoms with Crippen LogP contribution in [0.3, 0.4) is 0 Å². The first-order chi connectivity index (χ1) is 9.44. The zero-order chi connectivity index (χ0) is 14.8. The van der Waals surface area contributed by atoms with Crippen LogP contribution in [0.2, 0.25) is 0 Å². The highest BCUT2D eigenvalue weighted by Crippen LogP contribution is 2.17. The van der Waals surface area contributed by atoms with Gasteiger partial charge >= 0.3 is 0 Å². The molecule has 2 unspecified atom stereocenters. The molecule has 0 saturated heterocycles. The number of fused-ring (bicyclic) bond motifs is 1. The van der Waals surface area contributed by atoms with E-state index in [-0.39, 0.29) is 5.75 Å². The molecule has 2 atom stereocenters. The molecule has 0 spiro atoms. The summed E-state index contributed by atoms with van der Waals surface area (Å²) in [6.07, 6.45) is 1.58.